The fourth-order valence-electron chi connectivity index (χ4n) is 9.17. The van der Waals surface area contributed by atoms with E-state index in [1.165, 1.54) is 33.3 Å². The van der Waals surface area contributed by atoms with Gasteiger partial charge in [0.15, 0.2) is 15.9 Å². The number of thioether (sulfide) groups is 2. The highest BCUT2D eigenvalue weighted by Crippen LogP contribution is 2.42. The molecule has 4 amide bonds. The van der Waals surface area contributed by atoms with Gasteiger partial charge in [-0.3, -0.25) is 43.8 Å². The molecule has 0 spiro atoms. The zero-order valence-corrected chi connectivity index (χ0v) is 44.0. The van der Waals surface area contributed by atoms with Crippen molar-refractivity contribution in [3.8, 4) is 5.75 Å². The van der Waals surface area contributed by atoms with Gasteiger partial charge >= 0.3 is 5.97 Å². The van der Waals surface area contributed by atoms with Crippen LogP contribution in [0.3, 0.4) is 0 Å². The van der Waals surface area contributed by atoms with Crippen LogP contribution in [-0.4, -0.2) is 102 Å². The normalized spacial score (nSPS) is 20.4. The van der Waals surface area contributed by atoms with Crippen LogP contribution in [0.25, 0.3) is 0 Å². The molecule has 5 aromatic carbocycles. The molecule has 3 heterocycles. The number of benzene rings is 5. The third-order valence-electron chi connectivity index (χ3n) is 12.9. The monoisotopic (exact) mass is 1060 g/mol. The van der Waals surface area contributed by atoms with Gasteiger partial charge in [-0.2, -0.15) is 0 Å². The molecule has 0 radical (unpaired) electrons. The molecule has 1 saturated heterocycles. The van der Waals surface area contributed by atoms with Gasteiger partial charge in [0.25, 0.3) is 5.91 Å². The van der Waals surface area contributed by atoms with Gasteiger partial charge in [-0.25, -0.2) is 0 Å². The fourth-order valence-corrected chi connectivity index (χ4v) is 11.7. The van der Waals surface area contributed by atoms with Crippen molar-refractivity contribution in [1.82, 2.24) is 15.5 Å². The summed E-state index contributed by atoms with van der Waals surface area (Å²) in [7, 11) is 1.55. The number of amides is 4. The Bertz CT molecular complexity index is 2890. The lowest BCUT2D eigenvalue weighted by atomic mass is 9.87. The Morgan fingerprint density at radius 1 is 0.781 bits per heavy atom. The summed E-state index contributed by atoms with van der Waals surface area (Å²) in [4.78, 5) is 86.0. The zero-order chi connectivity index (χ0) is 51.7. The summed E-state index contributed by atoms with van der Waals surface area (Å²) in [5, 5.41) is 11.4. The molecule has 0 saturated carbocycles. The van der Waals surface area contributed by atoms with Gasteiger partial charge in [-0.05, 0) is 123 Å². The first kappa shape index (κ1) is 52.8. The first-order valence-electron chi connectivity index (χ1n) is 23.8. The maximum Gasteiger partial charge on any atom is 0.325 e. The van der Waals surface area contributed by atoms with Crippen LogP contribution in [0.5, 0.6) is 5.75 Å². The highest BCUT2D eigenvalue weighted by Gasteiger charge is 2.51. The van der Waals surface area contributed by atoms with Crippen molar-refractivity contribution >= 4 is 104 Å². The highest BCUT2D eigenvalue weighted by atomic mass is 35.5. The Morgan fingerprint density at radius 2 is 1.44 bits per heavy atom. The van der Waals surface area contributed by atoms with Crippen LogP contribution in [0.15, 0.2) is 131 Å². The van der Waals surface area contributed by atoms with Gasteiger partial charge in [0, 0.05) is 51.7 Å². The van der Waals surface area contributed by atoms with E-state index in [2.05, 4.69) is 31.9 Å². The summed E-state index contributed by atoms with van der Waals surface area (Å²) < 4.78 is 10.6. The summed E-state index contributed by atoms with van der Waals surface area (Å²) in [6.45, 7) is 5.48. The van der Waals surface area contributed by atoms with E-state index in [9.17, 15) is 24.0 Å². The zero-order valence-electron chi connectivity index (χ0n) is 40.9. The van der Waals surface area contributed by atoms with Crippen LogP contribution in [0.4, 0.5) is 17.1 Å². The smallest absolute Gasteiger partial charge is 0.325 e. The topological polar surface area (TPSA) is 174 Å². The molecule has 3 atom stereocenters. The maximum absolute atomic E-state index is 15.0. The SMILES string of the molecule is CCOC(=O)CNC(=O)C1(c2ccc(C)cc2)CSC(N2CCCC2c2cccc(CNC(=O)C3(C)CSC(Nc4ccc(Cl)cc4)=NCC(=O)N3c3ccc(Cl)cc3)c2)=NCC(=O)N1c1ccc(OC)cc1. The first-order chi connectivity index (χ1) is 35.2. The van der Waals surface area contributed by atoms with Gasteiger partial charge in [0.05, 0.1) is 19.8 Å². The molecule has 15 nitrogen and oxygen atoms in total. The van der Waals surface area contributed by atoms with Gasteiger partial charge in [-0.1, -0.05) is 101 Å². The molecule has 3 aliphatic heterocycles. The van der Waals surface area contributed by atoms with E-state index in [4.69, 9.17) is 37.7 Å². The van der Waals surface area contributed by atoms with Gasteiger partial charge in [0.1, 0.15) is 30.9 Å². The van der Waals surface area contributed by atoms with E-state index in [1.54, 1.807) is 81.6 Å². The van der Waals surface area contributed by atoms with E-state index in [0.717, 1.165) is 35.2 Å². The molecule has 5 aromatic rings. The minimum Gasteiger partial charge on any atom is -0.497 e. The lowest BCUT2D eigenvalue weighted by Gasteiger charge is -2.44. The lowest BCUT2D eigenvalue weighted by Crippen LogP contribution is -2.62. The summed E-state index contributed by atoms with van der Waals surface area (Å²) in [6, 6.07) is 36.2. The van der Waals surface area contributed by atoms with Crippen molar-refractivity contribution in [2.24, 2.45) is 9.98 Å². The number of esters is 1. The highest BCUT2D eigenvalue weighted by molar-refractivity contribution is 8.14. The number of anilines is 3. The molecule has 3 unspecified atom stereocenters. The van der Waals surface area contributed by atoms with Crippen LogP contribution in [0.1, 0.15) is 55.0 Å². The van der Waals surface area contributed by atoms with Gasteiger partial charge in [-0.15, -0.1) is 0 Å². The Labute approximate surface area is 443 Å². The lowest BCUT2D eigenvalue weighted by molar-refractivity contribution is -0.144. The van der Waals surface area contributed by atoms with E-state index in [-0.39, 0.29) is 55.6 Å². The van der Waals surface area contributed by atoms with Gasteiger partial charge < -0.3 is 30.3 Å². The third-order valence-corrected chi connectivity index (χ3v) is 15.8. The van der Waals surface area contributed by atoms with E-state index < -0.39 is 35.4 Å². The number of amidine groups is 2. The van der Waals surface area contributed by atoms with Crippen molar-refractivity contribution in [3.63, 3.8) is 0 Å². The molecule has 0 aromatic heterocycles. The number of ether oxygens (including phenoxy) is 2. The van der Waals surface area contributed by atoms with Crippen LogP contribution >= 0.6 is 46.7 Å². The molecule has 380 valence electrons. The summed E-state index contributed by atoms with van der Waals surface area (Å²) in [5.41, 5.74) is 2.03. The molecule has 0 aliphatic carbocycles. The molecule has 3 N–H and O–H groups in total. The Kier molecular flexibility index (Phi) is 17.0. The third kappa shape index (κ3) is 12.0. The van der Waals surface area contributed by atoms with Gasteiger partial charge in [0.2, 0.25) is 17.7 Å². The standard InChI is InChI=1S/C54H56Cl2N8O7S2/c1-5-71-48(67)32-58-50(69)54(38-13-11-35(2)12-14-38)34-73-52(60-31-47(66)64(54)43-23-25-44(70-4)26-24-43)62-27-7-10-45(62)37-9-6-8-36(28-37)29-57-49(68)53(3)33-72-51(61-41-19-15-39(55)16-20-41)59-30-46(65)63(53)42-21-17-40(56)18-22-42/h6,8-9,11-26,28,45H,5,7,10,27,29-34H2,1-4H3,(H,57,68)(H,58,69)(H,59,61). The quantitative estimate of drug-likeness (QED) is 0.0962. The van der Waals surface area contributed by atoms with Crippen molar-refractivity contribution in [2.45, 2.75) is 57.3 Å². The van der Waals surface area contributed by atoms with Crippen LogP contribution in [0.2, 0.25) is 10.0 Å². The largest absolute Gasteiger partial charge is 0.497 e. The molecule has 3 aliphatic rings. The summed E-state index contributed by atoms with van der Waals surface area (Å²) in [6.07, 6.45) is 1.62. The average Bonchev–Trinajstić information content (AvgIpc) is 3.88. The predicted molar refractivity (Wildman–Crippen MR) is 292 cm³/mol. The average molecular weight is 1060 g/mol. The molecule has 73 heavy (non-hydrogen) atoms. The van der Waals surface area contributed by atoms with Crippen LogP contribution in [0, 0.1) is 6.92 Å². The molecule has 1 fully saturated rings. The Balaban J connectivity index is 1.06. The van der Waals surface area contributed by atoms with E-state index in [1.807, 2.05) is 61.5 Å². The Morgan fingerprint density at radius 3 is 2.14 bits per heavy atom. The molecule has 8 rings (SSSR count). The summed E-state index contributed by atoms with van der Waals surface area (Å²) >= 11 is 15.1. The minimum absolute atomic E-state index is 0.0493. The number of nitrogens with one attached hydrogen (secondary N) is 3. The second-order valence-electron chi connectivity index (χ2n) is 17.8. The molecule has 19 heteroatoms. The van der Waals surface area contributed by atoms with E-state index >= 15 is 0 Å². The first-order valence-corrected chi connectivity index (χ1v) is 26.5. The predicted octanol–water partition coefficient (Wildman–Crippen LogP) is 8.78. The van der Waals surface area contributed by atoms with Crippen LogP contribution in [-0.2, 0) is 40.8 Å². The number of methoxy groups -OCH3 is 1. The van der Waals surface area contributed by atoms with Crippen molar-refractivity contribution in [1.29, 1.82) is 0 Å². The summed E-state index contributed by atoms with van der Waals surface area (Å²) in [5.74, 6) is -1.50. The number of hydrogen-bond donors (Lipinski definition) is 3. The maximum atomic E-state index is 15.0. The van der Waals surface area contributed by atoms with Crippen molar-refractivity contribution in [2.75, 3.05) is 66.5 Å². The number of rotatable bonds is 13. The number of aliphatic imine (C=N–C) groups is 2. The van der Waals surface area contributed by atoms with Crippen molar-refractivity contribution in [3.05, 3.63) is 154 Å². The molecular weight excluding hydrogens is 1010 g/mol. The number of carbonyl (C=O) groups excluding carboxylic acids is 5. The number of carbonyl (C=O) groups is 5. The van der Waals surface area contributed by atoms with Crippen LogP contribution < -0.4 is 30.5 Å². The second kappa shape index (κ2) is 23.6. The number of halogens is 2. The Hall–Kier alpha value is -6.53. The minimum atomic E-state index is -1.65. The number of likely N-dealkylation sites (tertiary alicyclic amines) is 1. The second-order valence-corrected chi connectivity index (χ2v) is 20.6. The number of hydrogen-bond acceptors (Lipinski definition) is 13. The fraction of sp³-hybridized carbons (Fsp3) is 0.315. The number of aryl methyl sites for hydroxylation is 1. The molecule has 0 bridgehead atoms. The molecular formula is C54H56Cl2N8O7S2. The number of nitrogens with zero attached hydrogens (tertiary/aromatic N) is 5. The van der Waals surface area contributed by atoms with E-state index in [0.29, 0.717) is 49.6 Å². The van der Waals surface area contributed by atoms with Crippen molar-refractivity contribution < 1.29 is 33.4 Å².